The number of nitrogens with zero attached hydrogens (tertiary/aromatic N) is 1. The predicted molar refractivity (Wildman–Crippen MR) is 108 cm³/mol. The highest BCUT2D eigenvalue weighted by atomic mass is 32.1. The number of ether oxygens (including phenoxy) is 2. The van der Waals surface area contributed by atoms with Crippen LogP contribution < -0.4 is 4.74 Å². The van der Waals surface area contributed by atoms with Gasteiger partial charge in [0.05, 0.1) is 31.1 Å². The van der Waals surface area contributed by atoms with Crippen LogP contribution in [0.2, 0.25) is 0 Å². The molecule has 1 aliphatic heterocycles. The molecule has 158 valence electrons. The first-order valence-electron chi connectivity index (χ1n) is 10.3. The van der Waals surface area contributed by atoms with Gasteiger partial charge in [-0.3, -0.25) is 0 Å². The fourth-order valence-electron chi connectivity index (χ4n) is 4.53. The van der Waals surface area contributed by atoms with Crippen molar-refractivity contribution in [3.63, 3.8) is 0 Å². The number of rotatable bonds is 6. The molecule has 1 aromatic heterocycles. The molecular formula is C22H28FNO4S. The van der Waals surface area contributed by atoms with E-state index in [4.69, 9.17) is 9.47 Å². The number of fused-ring (bicyclic) bond motifs is 1. The lowest BCUT2D eigenvalue weighted by molar-refractivity contribution is -0.0812. The molecule has 2 N–H and O–H groups in total. The molecule has 2 aliphatic rings. The molecule has 2 heterocycles. The molecule has 2 fully saturated rings. The standard InChI is InChI=1S/C22H28FNO4S/c1-12(2)16-7-14(3-5-18(16)23)27-10-17-15-4-6-20(28-21(15)8-19(17)26)22-24-13(9-25)11-29-22/h3,5,7,11-12,15,17,19-21,25-26H,4,6,8-10H2,1-2H3/t15-,17-,19+,20-,21+/m1/s1. The number of hydrogen-bond donors (Lipinski definition) is 2. The van der Waals surface area contributed by atoms with Gasteiger partial charge in [-0.1, -0.05) is 13.8 Å². The van der Waals surface area contributed by atoms with Crippen molar-refractivity contribution in [2.45, 2.75) is 63.9 Å². The fraction of sp³-hybridized carbons (Fsp3) is 0.591. The average molecular weight is 422 g/mol. The van der Waals surface area contributed by atoms with E-state index in [1.807, 2.05) is 19.2 Å². The molecule has 0 radical (unpaired) electrons. The maximum atomic E-state index is 13.9. The van der Waals surface area contributed by atoms with Gasteiger partial charge in [-0.2, -0.15) is 0 Å². The monoisotopic (exact) mass is 421 g/mol. The first kappa shape index (κ1) is 20.7. The normalized spacial score (nSPS) is 29.2. The number of hydrogen-bond acceptors (Lipinski definition) is 6. The van der Waals surface area contributed by atoms with Gasteiger partial charge < -0.3 is 19.7 Å². The van der Waals surface area contributed by atoms with Gasteiger partial charge >= 0.3 is 0 Å². The lowest BCUT2D eigenvalue weighted by Crippen LogP contribution is -2.33. The molecule has 1 aromatic carbocycles. The van der Waals surface area contributed by atoms with Gasteiger partial charge in [0.2, 0.25) is 0 Å². The molecule has 5 atom stereocenters. The fourth-order valence-corrected chi connectivity index (χ4v) is 5.41. The largest absolute Gasteiger partial charge is 0.493 e. The summed E-state index contributed by atoms with van der Waals surface area (Å²) in [6.07, 6.45) is 1.82. The van der Waals surface area contributed by atoms with Gasteiger partial charge in [0.25, 0.3) is 0 Å². The lowest BCUT2D eigenvalue weighted by Gasteiger charge is -2.33. The molecule has 1 saturated carbocycles. The first-order valence-corrected chi connectivity index (χ1v) is 11.1. The molecular weight excluding hydrogens is 393 g/mol. The van der Waals surface area contributed by atoms with E-state index >= 15 is 0 Å². The van der Waals surface area contributed by atoms with Gasteiger partial charge in [-0.15, -0.1) is 11.3 Å². The van der Waals surface area contributed by atoms with Gasteiger partial charge in [0.15, 0.2) is 0 Å². The average Bonchev–Trinajstić information content (AvgIpc) is 3.30. The van der Waals surface area contributed by atoms with E-state index in [-0.39, 0.29) is 42.4 Å². The maximum Gasteiger partial charge on any atom is 0.126 e. The minimum absolute atomic E-state index is 0.00204. The zero-order valence-corrected chi connectivity index (χ0v) is 17.6. The van der Waals surface area contributed by atoms with Gasteiger partial charge in [-0.25, -0.2) is 9.37 Å². The Bertz CT molecular complexity index is 842. The molecule has 4 rings (SSSR count). The smallest absolute Gasteiger partial charge is 0.126 e. The van der Waals surface area contributed by atoms with Crippen molar-refractivity contribution in [3.05, 3.63) is 45.7 Å². The van der Waals surface area contributed by atoms with Gasteiger partial charge in [0, 0.05) is 17.7 Å². The summed E-state index contributed by atoms with van der Waals surface area (Å²) in [5.41, 5.74) is 1.32. The Morgan fingerprint density at radius 3 is 2.90 bits per heavy atom. The Kier molecular flexibility index (Phi) is 6.20. The summed E-state index contributed by atoms with van der Waals surface area (Å²) in [6.45, 7) is 4.24. The summed E-state index contributed by atoms with van der Waals surface area (Å²) in [7, 11) is 0. The Balaban J connectivity index is 1.39. The van der Waals surface area contributed by atoms with E-state index < -0.39 is 6.10 Å². The van der Waals surface area contributed by atoms with Crippen molar-refractivity contribution in [3.8, 4) is 5.75 Å². The molecule has 29 heavy (non-hydrogen) atoms. The van der Waals surface area contributed by atoms with Crippen LogP contribution in [0.15, 0.2) is 23.6 Å². The SMILES string of the molecule is CC(C)c1cc(OC[C@@H]2[C@H]3CC[C@H](c4nc(CO)cs4)O[C@H]3C[C@@H]2O)ccc1F. The molecule has 7 heteroatoms. The molecule has 1 aliphatic carbocycles. The summed E-state index contributed by atoms with van der Waals surface area (Å²) >= 11 is 1.51. The van der Waals surface area contributed by atoms with Crippen LogP contribution in [0, 0.1) is 17.7 Å². The third-order valence-electron chi connectivity index (χ3n) is 6.14. The quantitative estimate of drug-likeness (QED) is 0.732. The van der Waals surface area contributed by atoms with E-state index in [0.29, 0.717) is 30.0 Å². The highest BCUT2D eigenvalue weighted by molar-refractivity contribution is 7.09. The Hall–Kier alpha value is -1.54. The van der Waals surface area contributed by atoms with E-state index in [1.54, 1.807) is 12.1 Å². The van der Waals surface area contributed by atoms with E-state index in [1.165, 1.54) is 17.4 Å². The zero-order valence-electron chi connectivity index (χ0n) is 16.8. The van der Waals surface area contributed by atoms with Crippen molar-refractivity contribution in [1.82, 2.24) is 4.98 Å². The van der Waals surface area contributed by atoms with Crippen LogP contribution in [-0.2, 0) is 11.3 Å². The highest BCUT2D eigenvalue weighted by Crippen LogP contribution is 2.46. The summed E-state index contributed by atoms with van der Waals surface area (Å²) in [5, 5.41) is 22.6. The van der Waals surface area contributed by atoms with Crippen LogP contribution in [0.1, 0.15) is 61.4 Å². The van der Waals surface area contributed by atoms with Crippen molar-refractivity contribution >= 4 is 11.3 Å². The summed E-state index contributed by atoms with van der Waals surface area (Å²) < 4.78 is 26.2. The van der Waals surface area contributed by atoms with Gasteiger partial charge in [0.1, 0.15) is 22.7 Å². The van der Waals surface area contributed by atoms with Crippen LogP contribution in [-0.4, -0.2) is 34.0 Å². The third kappa shape index (κ3) is 4.33. The van der Waals surface area contributed by atoms with Crippen molar-refractivity contribution in [2.75, 3.05) is 6.61 Å². The molecule has 1 saturated heterocycles. The second-order valence-electron chi connectivity index (χ2n) is 8.36. The van der Waals surface area contributed by atoms with Crippen molar-refractivity contribution in [2.24, 2.45) is 11.8 Å². The predicted octanol–water partition coefficient (Wildman–Crippen LogP) is 4.19. The van der Waals surface area contributed by atoms with Crippen LogP contribution in [0.25, 0.3) is 0 Å². The topological polar surface area (TPSA) is 71.8 Å². The lowest BCUT2D eigenvalue weighted by atomic mass is 9.87. The molecule has 0 amide bonds. The number of aliphatic hydroxyl groups excluding tert-OH is 2. The Morgan fingerprint density at radius 1 is 1.34 bits per heavy atom. The van der Waals surface area contributed by atoms with Crippen LogP contribution in [0.3, 0.4) is 0 Å². The van der Waals surface area contributed by atoms with E-state index in [2.05, 4.69) is 4.98 Å². The minimum Gasteiger partial charge on any atom is -0.493 e. The number of halogens is 1. The summed E-state index contributed by atoms with van der Waals surface area (Å²) in [5.74, 6) is 0.744. The molecule has 0 spiro atoms. The molecule has 0 bridgehead atoms. The number of aliphatic hydroxyl groups is 2. The number of thiazole rings is 1. The van der Waals surface area contributed by atoms with Gasteiger partial charge in [-0.05, 0) is 48.4 Å². The minimum atomic E-state index is -0.474. The maximum absolute atomic E-state index is 13.9. The second-order valence-corrected chi connectivity index (χ2v) is 9.25. The molecule has 5 nitrogen and oxygen atoms in total. The number of aromatic nitrogens is 1. The second kappa shape index (κ2) is 8.68. The Labute approximate surface area is 174 Å². The summed E-state index contributed by atoms with van der Waals surface area (Å²) in [4.78, 5) is 4.44. The third-order valence-corrected chi connectivity index (χ3v) is 7.12. The van der Waals surface area contributed by atoms with Crippen LogP contribution in [0.5, 0.6) is 5.75 Å². The van der Waals surface area contributed by atoms with E-state index in [0.717, 1.165) is 17.8 Å². The highest BCUT2D eigenvalue weighted by Gasteiger charge is 2.47. The van der Waals surface area contributed by atoms with E-state index in [9.17, 15) is 14.6 Å². The zero-order chi connectivity index (χ0) is 20.5. The molecule has 2 aromatic rings. The molecule has 0 unspecified atom stereocenters. The van der Waals surface area contributed by atoms with Crippen LogP contribution >= 0.6 is 11.3 Å². The van der Waals surface area contributed by atoms with Crippen molar-refractivity contribution in [1.29, 1.82) is 0 Å². The number of benzene rings is 1. The summed E-state index contributed by atoms with van der Waals surface area (Å²) in [6, 6.07) is 4.85. The Morgan fingerprint density at radius 2 is 2.17 bits per heavy atom. The van der Waals surface area contributed by atoms with Crippen molar-refractivity contribution < 1.29 is 24.1 Å². The van der Waals surface area contributed by atoms with Crippen LogP contribution in [0.4, 0.5) is 4.39 Å². The first-order chi connectivity index (χ1) is 14.0.